The van der Waals surface area contributed by atoms with Crippen molar-refractivity contribution in [3.8, 4) is 11.5 Å². The molecular formula is C13H16ClNO2. The summed E-state index contributed by atoms with van der Waals surface area (Å²) in [6, 6.07) is 1.81. The largest absolute Gasteiger partial charge is 0.486 e. The molecule has 2 rings (SSSR count). The number of halogens is 1. The average Bonchev–Trinajstić information content (AvgIpc) is 2.35. The number of nitrogens with two attached hydrogens (primary N) is 1. The molecule has 4 heteroatoms. The van der Waals surface area contributed by atoms with Crippen molar-refractivity contribution in [2.75, 3.05) is 19.8 Å². The van der Waals surface area contributed by atoms with Crippen LogP contribution in [0.1, 0.15) is 18.1 Å². The molecule has 17 heavy (non-hydrogen) atoms. The fraction of sp³-hybridized carbons (Fsp3) is 0.385. The van der Waals surface area contributed by atoms with Gasteiger partial charge in [-0.05, 0) is 12.0 Å². The molecule has 0 aliphatic carbocycles. The van der Waals surface area contributed by atoms with Crippen LogP contribution in [0, 0.1) is 0 Å². The van der Waals surface area contributed by atoms with Crippen molar-refractivity contribution in [2.45, 2.75) is 13.3 Å². The van der Waals surface area contributed by atoms with Crippen LogP contribution in [0.5, 0.6) is 11.5 Å². The van der Waals surface area contributed by atoms with E-state index < -0.39 is 0 Å². The summed E-state index contributed by atoms with van der Waals surface area (Å²) in [7, 11) is 0. The first-order chi connectivity index (χ1) is 8.27. The SMILES string of the molecule is CCc1c(/C=C/CN)c(Cl)cc2c1OCCO2. The highest BCUT2D eigenvalue weighted by Gasteiger charge is 2.19. The lowest BCUT2D eigenvalue weighted by Gasteiger charge is -2.23. The highest BCUT2D eigenvalue weighted by Crippen LogP contribution is 2.40. The molecular weight excluding hydrogens is 238 g/mol. The van der Waals surface area contributed by atoms with Crippen molar-refractivity contribution < 1.29 is 9.47 Å². The molecule has 0 aromatic heterocycles. The van der Waals surface area contributed by atoms with Crippen LogP contribution in [0.4, 0.5) is 0 Å². The number of hydrogen-bond acceptors (Lipinski definition) is 3. The molecule has 1 aliphatic heterocycles. The number of hydrogen-bond donors (Lipinski definition) is 1. The molecule has 1 aliphatic rings. The molecule has 0 radical (unpaired) electrons. The smallest absolute Gasteiger partial charge is 0.165 e. The Labute approximate surface area is 106 Å². The van der Waals surface area contributed by atoms with E-state index in [2.05, 4.69) is 6.92 Å². The zero-order valence-electron chi connectivity index (χ0n) is 9.83. The monoisotopic (exact) mass is 253 g/mol. The molecule has 0 fully saturated rings. The molecule has 2 N–H and O–H groups in total. The predicted molar refractivity (Wildman–Crippen MR) is 69.9 cm³/mol. The summed E-state index contributed by atoms with van der Waals surface area (Å²) < 4.78 is 11.2. The van der Waals surface area contributed by atoms with E-state index >= 15 is 0 Å². The quantitative estimate of drug-likeness (QED) is 0.901. The second-order valence-electron chi connectivity index (χ2n) is 3.77. The van der Waals surface area contributed by atoms with Crippen LogP contribution in [0.15, 0.2) is 12.1 Å². The summed E-state index contributed by atoms with van der Waals surface area (Å²) in [5.41, 5.74) is 7.53. The molecule has 0 bridgehead atoms. The van der Waals surface area contributed by atoms with Gasteiger partial charge in [0.1, 0.15) is 13.2 Å². The number of benzene rings is 1. The van der Waals surface area contributed by atoms with Gasteiger partial charge < -0.3 is 15.2 Å². The fourth-order valence-electron chi connectivity index (χ4n) is 1.95. The Bertz CT molecular complexity index is 444. The zero-order valence-corrected chi connectivity index (χ0v) is 10.6. The van der Waals surface area contributed by atoms with Gasteiger partial charge in [-0.15, -0.1) is 0 Å². The molecule has 92 valence electrons. The first-order valence-corrected chi connectivity index (χ1v) is 6.13. The van der Waals surface area contributed by atoms with Crippen LogP contribution in [0.25, 0.3) is 6.08 Å². The highest BCUT2D eigenvalue weighted by molar-refractivity contribution is 6.32. The second kappa shape index (κ2) is 5.43. The van der Waals surface area contributed by atoms with Crippen molar-refractivity contribution in [3.05, 3.63) is 28.3 Å². The average molecular weight is 254 g/mol. The van der Waals surface area contributed by atoms with E-state index in [1.165, 1.54) is 0 Å². The molecule has 0 atom stereocenters. The van der Waals surface area contributed by atoms with Gasteiger partial charge in [0.2, 0.25) is 0 Å². The lowest BCUT2D eigenvalue weighted by Crippen LogP contribution is -2.17. The summed E-state index contributed by atoms with van der Waals surface area (Å²) in [6.45, 7) is 3.73. The first-order valence-electron chi connectivity index (χ1n) is 5.75. The zero-order chi connectivity index (χ0) is 12.3. The van der Waals surface area contributed by atoms with Gasteiger partial charge in [0, 0.05) is 18.2 Å². The van der Waals surface area contributed by atoms with Crippen LogP contribution < -0.4 is 15.2 Å². The minimum Gasteiger partial charge on any atom is -0.486 e. The van der Waals surface area contributed by atoms with Gasteiger partial charge in [-0.2, -0.15) is 0 Å². The van der Waals surface area contributed by atoms with Crippen molar-refractivity contribution in [1.29, 1.82) is 0 Å². The van der Waals surface area contributed by atoms with Crippen molar-refractivity contribution in [1.82, 2.24) is 0 Å². The molecule has 0 saturated heterocycles. The van der Waals surface area contributed by atoms with Crippen LogP contribution in [-0.4, -0.2) is 19.8 Å². The fourth-order valence-corrected chi connectivity index (χ4v) is 2.23. The molecule has 0 saturated carbocycles. The van der Waals surface area contributed by atoms with Crippen LogP contribution in [0.2, 0.25) is 5.02 Å². The minimum absolute atomic E-state index is 0.494. The van der Waals surface area contributed by atoms with E-state index in [-0.39, 0.29) is 0 Å². The summed E-state index contributed by atoms with van der Waals surface area (Å²) in [5, 5.41) is 0.677. The van der Waals surface area contributed by atoms with Gasteiger partial charge in [-0.1, -0.05) is 30.7 Å². The van der Waals surface area contributed by atoms with E-state index in [0.717, 1.165) is 29.0 Å². The molecule has 1 heterocycles. The number of ether oxygens (including phenoxy) is 2. The summed E-state index contributed by atoms with van der Waals surface area (Å²) in [5.74, 6) is 1.56. The molecule has 0 amide bonds. The third kappa shape index (κ3) is 2.40. The molecule has 0 unspecified atom stereocenters. The van der Waals surface area contributed by atoms with Gasteiger partial charge in [0.15, 0.2) is 11.5 Å². The van der Waals surface area contributed by atoms with Gasteiger partial charge in [-0.25, -0.2) is 0 Å². The first kappa shape index (κ1) is 12.3. The van der Waals surface area contributed by atoms with E-state index in [9.17, 15) is 0 Å². The second-order valence-corrected chi connectivity index (χ2v) is 4.17. The van der Waals surface area contributed by atoms with Crippen molar-refractivity contribution >= 4 is 17.7 Å². The van der Waals surface area contributed by atoms with Crippen LogP contribution in [0.3, 0.4) is 0 Å². The van der Waals surface area contributed by atoms with E-state index in [4.69, 9.17) is 26.8 Å². The van der Waals surface area contributed by atoms with Gasteiger partial charge in [-0.3, -0.25) is 0 Å². The lowest BCUT2D eigenvalue weighted by atomic mass is 10.0. The molecule has 0 spiro atoms. The van der Waals surface area contributed by atoms with Crippen LogP contribution in [-0.2, 0) is 6.42 Å². The summed E-state index contributed by atoms with van der Waals surface area (Å²) >= 11 is 6.25. The van der Waals surface area contributed by atoms with Crippen LogP contribution >= 0.6 is 11.6 Å². The Balaban J connectivity index is 2.54. The molecule has 3 nitrogen and oxygen atoms in total. The number of rotatable bonds is 3. The maximum absolute atomic E-state index is 6.25. The molecule has 1 aromatic carbocycles. The topological polar surface area (TPSA) is 44.5 Å². The normalized spacial score (nSPS) is 14.3. The lowest BCUT2D eigenvalue weighted by molar-refractivity contribution is 0.170. The Kier molecular flexibility index (Phi) is 3.92. The van der Waals surface area contributed by atoms with E-state index in [0.29, 0.717) is 24.8 Å². The van der Waals surface area contributed by atoms with Gasteiger partial charge in [0.05, 0.1) is 5.02 Å². The number of fused-ring (bicyclic) bond motifs is 1. The Morgan fingerprint density at radius 2 is 2.18 bits per heavy atom. The highest BCUT2D eigenvalue weighted by atomic mass is 35.5. The Morgan fingerprint density at radius 3 is 2.88 bits per heavy atom. The third-order valence-electron chi connectivity index (χ3n) is 2.70. The Morgan fingerprint density at radius 1 is 1.41 bits per heavy atom. The van der Waals surface area contributed by atoms with Gasteiger partial charge in [0.25, 0.3) is 0 Å². The Hall–Kier alpha value is -1.19. The standard InChI is InChI=1S/C13H16ClNO2/c1-2-9-10(4-3-5-15)11(14)8-12-13(9)17-7-6-16-12/h3-4,8H,2,5-7,15H2,1H3/b4-3+. The van der Waals surface area contributed by atoms with Crippen molar-refractivity contribution in [2.24, 2.45) is 5.73 Å². The maximum Gasteiger partial charge on any atom is 0.165 e. The summed E-state index contributed by atoms with van der Waals surface area (Å²) in [6.07, 6.45) is 4.67. The minimum atomic E-state index is 0.494. The molecule has 1 aromatic rings. The third-order valence-corrected chi connectivity index (χ3v) is 3.01. The van der Waals surface area contributed by atoms with E-state index in [1.54, 1.807) is 0 Å². The predicted octanol–water partition coefficient (Wildman–Crippen LogP) is 2.65. The van der Waals surface area contributed by atoms with Gasteiger partial charge >= 0.3 is 0 Å². The van der Waals surface area contributed by atoms with E-state index in [1.807, 2.05) is 18.2 Å². The van der Waals surface area contributed by atoms with Crippen molar-refractivity contribution in [3.63, 3.8) is 0 Å². The summed E-state index contributed by atoms with van der Waals surface area (Å²) in [4.78, 5) is 0. The maximum atomic E-state index is 6.25.